The second-order valence-electron chi connectivity index (χ2n) is 10.0. The molecule has 4 aromatic carbocycles. The summed E-state index contributed by atoms with van der Waals surface area (Å²) in [5.74, 6) is 0. The van der Waals surface area contributed by atoms with Crippen LogP contribution < -0.4 is 16.0 Å². The highest BCUT2D eigenvalue weighted by Gasteiger charge is 2.11. The van der Waals surface area contributed by atoms with Crippen LogP contribution in [0, 0.1) is 0 Å². The maximum absolute atomic E-state index is 6.70. The molecule has 0 aliphatic carbocycles. The van der Waals surface area contributed by atoms with Crippen LogP contribution in [-0.2, 0) is 23.7 Å². The number of nitrogens with zero attached hydrogens (tertiary/aromatic N) is 1. The maximum Gasteiger partial charge on any atom is 0.0701 e. The van der Waals surface area contributed by atoms with Gasteiger partial charge < -0.3 is 39.6 Å². The lowest BCUT2D eigenvalue weighted by Gasteiger charge is -2.25. The van der Waals surface area contributed by atoms with Crippen LogP contribution in [0.3, 0.4) is 0 Å². The van der Waals surface area contributed by atoms with E-state index in [9.17, 15) is 0 Å². The lowest BCUT2D eigenvalue weighted by molar-refractivity contribution is -0.0116. The van der Waals surface area contributed by atoms with Crippen molar-refractivity contribution in [3.8, 4) is 0 Å². The van der Waals surface area contributed by atoms with Crippen molar-refractivity contribution >= 4 is 38.6 Å². The van der Waals surface area contributed by atoms with Crippen LogP contribution in [0.1, 0.15) is 5.56 Å². The second-order valence-corrected chi connectivity index (χ2v) is 10.0. The molecule has 0 saturated carbocycles. The zero-order valence-electron chi connectivity index (χ0n) is 24.1. The van der Waals surface area contributed by atoms with E-state index in [4.69, 9.17) is 29.4 Å². The van der Waals surface area contributed by atoms with Gasteiger partial charge in [-0.1, -0.05) is 48.5 Å². The van der Waals surface area contributed by atoms with Gasteiger partial charge in [-0.3, -0.25) is 0 Å². The number of nitrogens with one attached hydrogen (secondary N) is 1. The number of hydrogen-bond acceptors (Lipinski definition) is 8. The summed E-state index contributed by atoms with van der Waals surface area (Å²) in [6, 6.07) is 27.3. The largest absolute Gasteiger partial charge is 0.397 e. The number of rotatable bonds is 4. The molecule has 8 nitrogen and oxygen atoms in total. The zero-order chi connectivity index (χ0) is 28.8. The normalized spacial score (nSPS) is 17.5. The molecular formula is C34H41N3O5. The van der Waals surface area contributed by atoms with Crippen molar-refractivity contribution in [1.29, 1.82) is 0 Å². The number of nitrogens with two attached hydrogens (primary N) is 1. The first-order valence-electron chi connectivity index (χ1n) is 14.7. The van der Waals surface area contributed by atoms with Crippen molar-refractivity contribution in [3.63, 3.8) is 0 Å². The minimum absolute atomic E-state index is 0.550. The zero-order valence-corrected chi connectivity index (χ0v) is 24.1. The van der Waals surface area contributed by atoms with Gasteiger partial charge in [0.05, 0.1) is 71.8 Å². The number of fused-ring (bicyclic) bond motifs is 2. The van der Waals surface area contributed by atoms with Crippen LogP contribution >= 0.6 is 0 Å². The Kier molecular flexibility index (Phi) is 11.4. The predicted molar refractivity (Wildman–Crippen MR) is 170 cm³/mol. The fourth-order valence-electron chi connectivity index (χ4n) is 5.03. The van der Waals surface area contributed by atoms with E-state index in [1.165, 1.54) is 10.8 Å². The molecule has 0 atom stereocenters. The molecule has 1 saturated heterocycles. The molecule has 5 rings (SSSR count). The Hall–Kier alpha value is -3.66. The average Bonchev–Trinajstić information content (AvgIpc) is 3.02. The number of ether oxygens (including phenoxy) is 5. The van der Waals surface area contributed by atoms with Gasteiger partial charge in [-0.2, -0.15) is 0 Å². The van der Waals surface area contributed by atoms with Crippen LogP contribution in [0.4, 0.5) is 11.4 Å². The summed E-state index contributed by atoms with van der Waals surface area (Å²) in [7, 11) is 0. The highest BCUT2D eigenvalue weighted by atomic mass is 16.6. The lowest BCUT2D eigenvalue weighted by atomic mass is 9.95. The van der Waals surface area contributed by atoms with Gasteiger partial charge in [0.2, 0.25) is 0 Å². The fraction of sp³-hybridized carbons (Fsp3) is 0.353. The Morgan fingerprint density at radius 1 is 0.595 bits per heavy atom. The Balaban J connectivity index is 1.24. The molecule has 1 aliphatic rings. The van der Waals surface area contributed by atoms with Crippen molar-refractivity contribution in [2.75, 3.05) is 89.4 Å². The fourth-order valence-corrected chi connectivity index (χ4v) is 5.03. The molecule has 0 bridgehead atoms. The lowest BCUT2D eigenvalue weighted by Crippen LogP contribution is -2.31. The third kappa shape index (κ3) is 8.44. The van der Waals surface area contributed by atoms with Crippen molar-refractivity contribution in [1.82, 2.24) is 0 Å². The Morgan fingerprint density at radius 2 is 1.05 bits per heavy atom. The van der Waals surface area contributed by atoms with Crippen molar-refractivity contribution < 1.29 is 23.7 Å². The van der Waals surface area contributed by atoms with E-state index in [0.717, 1.165) is 40.8 Å². The SMILES string of the molecule is N/C(=C\Nc1ccc(N2CCOCCOCCOCCOCCOCC2)cc1)c1c2ccccc2cc2ccccc12. The van der Waals surface area contributed by atoms with Gasteiger partial charge in [-0.15, -0.1) is 0 Å². The number of hydrogen-bond donors (Lipinski definition) is 2. The molecular weight excluding hydrogens is 530 g/mol. The second kappa shape index (κ2) is 16.1. The van der Waals surface area contributed by atoms with Gasteiger partial charge in [0.25, 0.3) is 0 Å². The molecule has 8 heteroatoms. The minimum Gasteiger partial charge on any atom is -0.397 e. The molecule has 0 amide bonds. The first-order chi connectivity index (χ1) is 20.8. The van der Waals surface area contributed by atoms with E-state index in [1.54, 1.807) is 0 Å². The first kappa shape index (κ1) is 29.8. The summed E-state index contributed by atoms with van der Waals surface area (Å²) < 4.78 is 28.3. The standard InChI is InChI=1S/C34H41N3O5/c35-33(34-31-7-3-1-5-27(31)25-28-6-2-4-8-32(28)34)26-36-29-9-11-30(12-10-29)37-13-15-38-17-19-40-21-23-42-24-22-41-20-18-39-16-14-37/h1-12,25-26,36H,13-24,35H2/b33-26-. The van der Waals surface area contributed by atoms with E-state index in [-0.39, 0.29) is 0 Å². The highest BCUT2D eigenvalue weighted by Crippen LogP contribution is 2.31. The van der Waals surface area contributed by atoms with Crippen LogP contribution in [0.2, 0.25) is 0 Å². The van der Waals surface area contributed by atoms with Crippen LogP contribution in [-0.4, -0.2) is 79.2 Å². The molecule has 1 fully saturated rings. The van der Waals surface area contributed by atoms with Crippen molar-refractivity contribution in [3.05, 3.63) is 90.6 Å². The molecule has 0 unspecified atom stereocenters. The number of benzene rings is 4. The van der Waals surface area contributed by atoms with Crippen LogP contribution in [0.15, 0.2) is 85.1 Å². The van der Waals surface area contributed by atoms with Gasteiger partial charge in [0, 0.05) is 36.2 Å². The molecule has 0 spiro atoms. The molecule has 222 valence electrons. The Morgan fingerprint density at radius 3 is 1.55 bits per heavy atom. The summed E-state index contributed by atoms with van der Waals surface area (Å²) in [6.45, 7) is 7.11. The van der Waals surface area contributed by atoms with E-state index in [0.29, 0.717) is 71.8 Å². The third-order valence-electron chi connectivity index (χ3n) is 7.19. The minimum atomic E-state index is 0.550. The maximum atomic E-state index is 6.70. The molecule has 1 aliphatic heterocycles. The summed E-state index contributed by atoms with van der Waals surface area (Å²) in [5.41, 5.74) is 10.5. The monoisotopic (exact) mass is 571 g/mol. The van der Waals surface area contributed by atoms with Gasteiger partial charge >= 0.3 is 0 Å². The average molecular weight is 572 g/mol. The Labute approximate surface area is 247 Å². The van der Waals surface area contributed by atoms with E-state index in [1.807, 2.05) is 6.20 Å². The molecule has 3 N–H and O–H groups in total. The predicted octanol–water partition coefficient (Wildman–Crippen LogP) is 5.27. The summed E-state index contributed by atoms with van der Waals surface area (Å²) >= 11 is 0. The number of anilines is 2. The van der Waals surface area contributed by atoms with Crippen LogP contribution in [0.5, 0.6) is 0 Å². The van der Waals surface area contributed by atoms with Gasteiger partial charge in [-0.25, -0.2) is 0 Å². The van der Waals surface area contributed by atoms with Crippen LogP contribution in [0.25, 0.3) is 27.2 Å². The quantitative estimate of drug-likeness (QED) is 0.321. The van der Waals surface area contributed by atoms with E-state index >= 15 is 0 Å². The van der Waals surface area contributed by atoms with Crippen molar-refractivity contribution in [2.45, 2.75) is 0 Å². The molecule has 1 heterocycles. The smallest absolute Gasteiger partial charge is 0.0701 e. The topological polar surface area (TPSA) is 87.4 Å². The van der Waals surface area contributed by atoms with Crippen molar-refractivity contribution in [2.24, 2.45) is 5.73 Å². The highest BCUT2D eigenvalue weighted by molar-refractivity contribution is 6.08. The van der Waals surface area contributed by atoms with E-state index < -0.39 is 0 Å². The first-order valence-corrected chi connectivity index (χ1v) is 14.7. The summed E-state index contributed by atoms with van der Waals surface area (Å²) in [6.07, 6.45) is 1.89. The third-order valence-corrected chi connectivity index (χ3v) is 7.19. The molecule has 4 aromatic rings. The Bertz CT molecular complexity index is 1350. The van der Waals surface area contributed by atoms with E-state index in [2.05, 4.69) is 89.1 Å². The molecule has 42 heavy (non-hydrogen) atoms. The summed E-state index contributed by atoms with van der Waals surface area (Å²) in [5, 5.41) is 8.01. The molecule has 0 aromatic heterocycles. The molecule has 0 radical (unpaired) electrons. The summed E-state index contributed by atoms with van der Waals surface area (Å²) in [4.78, 5) is 2.27. The van der Waals surface area contributed by atoms with Gasteiger partial charge in [0.15, 0.2) is 0 Å². The van der Waals surface area contributed by atoms with Gasteiger partial charge in [-0.05, 0) is 51.9 Å². The van der Waals surface area contributed by atoms with Gasteiger partial charge in [0.1, 0.15) is 0 Å².